The van der Waals surface area contributed by atoms with E-state index >= 15 is 0 Å². The van der Waals surface area contributed by atoms with Crippen molar-refractivity contribution in [1.82, 2.24) is 0 Å². The highest BCUT2D eigenvalue weighted by atomic mass is 79.9. The van der Waals surface area contributed by atoms with Crippen molar-refractivity contribution in [3.63, 3.8) is 0 Å². The van der Waals surface area contributed by atoms with E-state index in [0.29, 0.717) is 22.7 Å². The van der Waals surface area contributed by atoms with Gasteiger partial charge in [0, 0.05) is 4.47 Å². The first-order valence-electron chi connectivity index (χ1n) is 6.06. The number of alkyl halides is 3. The molecular formula is C14H8BrF5N2O. The first kappa shape index (κ1) is 17.2. The van der Waals surface area contributed by atoms with Crippen LogP contribution in [0, 0.1) is 11.6 Å². The molecule has 0 aliphatic rings. The molecule has 2 amide bonds. The van der Waals surface area contributed by atoms with Crippen molar-refractivity contribution in [3.05, 3.63) is 58.1 Å². The Kier molecular flexibility index (Phi) is 4.88. The predicted molar refractivity (Wildman–Crippen MR) is 78.1 cm³/mol. The molecule has 122 valence electrons. The molecule has 2 rings (SSSR count). The Morgan fingerprint density at radius 2 is 1.57 bits per heavy atom. The second-order valence-electron chi connectivity index (χ2n) is 4.40. The van der Waals surface area contributed by atoms with Crippen LogP contribution < -0.4 is 10.6 Å². The summed E-state index contributed by atoms with van der Waals surface area (Å²) >= 11 is 3.03. The molecule has 0 unspecified atom stereocenters. The Hall–Kier alpha value is -2.16. The smallest absolute Gasteiger partial charge is 0.305 e. The molecule has 2 N–H and O–H groups in total. The maximum atomic E-state index is 13.6. The molecule has 0 saturated heterocycles. The van der Waals surface area contributed by atoms with E-state index in [0.717, 1.165) is 6.07 Å². The fourth-order valence-corrected chi connectivity index (χ4v) is 2.00. The largest absolute Gasteiger partial charge is 0.416 e. The Bertz CT molecular complexity index is 748. The van der Waals surface area contributed by atoms with Crippen molar-refractivity contribution in [3.8, 4) is 0 Å². The Morgan fingerprint density at radius 1 is 0.913 bits per heavy atom. The molecule has 2 aromatic carbocycles. The van der Waals surface area contributed by atoms with E-state index in [1.165, 1.54) is 12.1 Å². The number of amides is 2. The number of carbonyl (C=O) groups excluding carboxylic acids is 1. The van der Waals surface area contributed by atoms with Crippen molar-refractivity contribution in [2.75, 3.05) is 10.6 Å². The number of urea groups is 1. The lowest BCUT2D eigenvalue weighted by molar-refractivity contribution is -0.137. The molecule has 2 aromatic rings. The standard InChI is InChI=1S/C14H8BrF5N2O/c15-8-2-4-11(10(17)6-8)21-13(23)22-12-5-7(14(18,19)20)1-3-9(12)16/h1-6H,(H2,21,22,23). The minimum Gasteiger partial charge on any atom is -0.305 e. The van der Waals surface area contributed by atoms with Crippen LogP contribution in [0.2, 0.25) is 0 Å². The van der Waals surface area contributed by atoms with E-state index in [9.17, 15) is 26.7 Å². The summed E-state index contributed by atoms with van der Waals surface area (Å²) in [5.41, 5.74) is -2.00. The van der Waals surface area contributed by atoms with Crippen LogP contribution in [-0.4, -0.2) is 6.03 Å². The number of hydrogen-bond acceptors (Lipinski definition) is 1. The van der Waals surface area contributed by atoms with Gasteiger partial charge in [-0.2, -0.15) is 13.2 Å². The highest BCUT2D eigenvalue weighted by Gasteiger charge is 2.31. The number of carbonyl (C=O) groups is 1. The van der Waals surface area contributed by atoms with Crippen LogP contribution in [0.3, 0.4) is 0 Å². The van der Waals surface area contributed by atoms with Crippen molar-refractivity contribution in [1.29, 1.82) is 0 Å². The van der Waals surface area contributed by atoms with Crippen LogP contribution in [0.15, 0.2) is 40.9 Å². The van der Waals surface area contributed by atoms with Gasteiger partial charge in [0.15, 0.2) is 0 Å². The number of nitrogens with one attached hydrogen (secondary N) is 2. The zero-order chi connectivity index (χ0) is 17.2. The average molecular weight is 395 g/mol. The molecule has 0 aliphatic carbocycles. The van der Waals surface area contributed by atoms with Crippen molar-refractivity contribution in [2.24, 2.45) is 0 Å². The maximum absolute atomic E-state index is 13.6. The Morgan fingerprint density at radius 3 is 2.17 bits per heavy atom. The van der Waals surface area contributed by atoms with E-state index in [1.807, 2.05) is 5.32 Å². The van der Waals surface area contributed by atoms with Gasteiger partial charge in [0.05, 0.1) is 16.9 Å². The van der Waals surface area contributed by atoms with E-state index < -0.39 is 35.1 Å². The lowest BCUT2D eigenvalue weighted by atomic mass is 10.2. The first-order valence-corrected chi connectivity index (χ1v) is 6.86. The second kappa shape index (κ2) is 6.53. The van der Waals surface area contributed by atoms with Gasteiger partial charge in [0.2, 0.25) is 0 Å². The molecule has 0 saturated carbocycles. The molecule has 0 fully saturated rings. The van der Waals surface area contributed by atoms with Gasteiger partial charge in [0.25, 0.3) is 0 Å². The van der Waals surface area contributed by atoms with Gasteiger partial charge in [-0.15, -0.1) is 0 Å². The molecule has 3 nitrogen and oxygen atoms in total. The molecule has 0 spiro atoms. The van der Waals surface area contributed by atoms with Gasteiger partial charge >= 0.3 is 12.2 Å². The monoisotopic (exact) mass is 394 g/mol. The highest BCUT2D eigenvalue weighted by Crippen LogP contribution is 2.31. The fraction of sp³-hybridized carbons (Fsp3) is 0.0714. The number of benzene rings is 2. The summed E-state index contributed by atoms with van der Waals surface area (Å²) in [5.74, 6) is -1.82. The lowest BCUT2D eigenvalue weighted by Gasteiger charge is -2.12. The quantitative estimate of drug-likeness (QED) is 0.658. The second-order valence-corrected chi connectivity index (χ2v) is 5.31. The van der Waals surface area contributed by atoms with Crippen LogP contribution in [-0.2, 0) is 6.18 Å². The van der Waals surface area contributed by atoms with E-state index in [2.05, 4.69) is 21.2 Å². The molecule has 9 heteroatoms. The minimum absolute atomic E-state index is 0.210. The molecule has 0 atom stereocenters. The van der Waals surface area contributed by atoms with Gasteiger partial charge in [-0.1, -0.05) is 15.9 Å². The molecule has 0 radical (unpaired) electrons. The maximum Gasteiger partial charge on any atom is 0.416 e. The SMILES string of the molecule is O=C(Nc1ccc(Br)cc1F)Nc1cc(C(F)(F)F)ccc1F. The third-order valence-corrected chi connectivity index (χ3v) is 3.21. The van der Waals surface area contributed by atoms with E-state index in [4.69, 9.17) is 0 Å². The topological polar surface area (TPSA) is 41.1 Å². The number of anilines is 2. The zero-order valence-electron chi connectivity index (χ0n) is 11.1. The van der Waals surface area contributed by atoms with Gasteiger partial charge in [-0.3, -0.25) is 0 Å². The lowest BCUT2D eigenvalue weighted by Crippen LogP contribution is -2.21. The van der Waals surface area contributed by atoms with Gasteiger partial charge in [0.1, 0.15) is 11.6 Å². The number of rotatable bonds is 2. The molecule has 0 aromatic heterocycles. The van der Waals surface area contributed by atoms with Crippen molar-refractivity contribution >= 4 is 33.3 Å². The third-order valence-electron chi connectivity index (χ3n) is 2.72. The summed E-state index contributed by atoms with van der Waals surface area (Å²) < 4.78 is 65.2. The highest BCUT2D eigenvalue weighted by molar-refractivity contribution is 9.10. The molecule has 0 aliphatic heterocycles. The average Bonchev–Trinajstić information content (AvgIpc) is 2.43. The van der Waals surface area contributed by atoms with E-state index in [1.54, 1.807) is 0 Å². The first-order chi connectivity index (χ1) is 10.7. The summed E-state index contributed by atoms with van der Waals surface area (Å²) in [6.07, 6.45) is -4.68. The summed E-state index contributed by atoms with van der Waals surface area (Å²) in [4.78, 5) is 11.7. The van der Waals surface area contributed by atoms with Gasteiger partial charge < -0.3 is 10.6 Å². The third kappa shape index (κ3) is 4.41. The van der Waals surface area contributed by atoms with Crippen LogP contribution in [0.5, 0.6) is 0 Å². The number of hydrogen-bond donors (Lipinski definition) is 2. The van der Waals surface area contributed by atoms with E-state index in [-0.39, 0.29) is 5.69 Å². The number of halogens is 6. The normalized spacial score (nSPS) is 11.2. The summed E-state index contributed by atoms with van der Waals surface area (Å²) in [7, 11) is 0. The van der Waals surface area contributed by atoms with Crippen molar-refractivity contribution < 1.29 is 26.7 Å². The molecule has 0 bridgehead atoms. The fourth-order valence-electron chi connectivity index (χ4n) is 1.66. The predicted octanol–water partition coefficient (Wildman–Crippen LogP) is 5.39. The van der Waals surface area contributed by atoms with Crippen LogP contribution in [0.4, 0.5) is 38.1 Å². The Balaban J connectivity index is 2.17. The van der Waals surface area contributed by atoms with Crippen LogP contribution in [0.1, 0.15) is 5.56 Å². The Labute approximate surface area is 135 Å². The summed E-state index contributed by atoms with van der Waals surface area (Å²) in [6, 6.07) is 4.27. The molecule has 0 heterocycles. The molecular weight excluding hydrogens is 387 g/mol. The summed E-state index contributed by atoms with van der Waals surface area (Å²) in [6.45, 7) is 0. The van der Waals surface area contributed by atoms with Gasteiger partial charge in [-0.25, -0.2) is 13.6 Å². The molecule has 23 heavy (non-hydrogen) atoms. The zero-order valence-corrected chi connectivity index (χ0v) is 12.7. The van der Waals surface area contributed by atoms with Crippen molar-refractivity contribution in [2.45, 2.75) is 6.18 Å². The summed E-state index contributed by atoms with van der Waals surface area (Å²) in [5, 5.41) is 3.99. The van der Waals surface area contributed by atoms with Gasteiger partial charge in [-0.05, 0) is 36.4 Å². The van der Waals surface area contributed by atoms with Crippen LogP contribution >= 0.6 is 15.9 Å². The van der Waals surface area contributed by atoms with Crippen LogP contribution in [0.25, 0.3) is 0 Å². The minimum atomic E-state index is -4.68.